The van der Waals surface area contributed by atoms with Gasteiger partial charge in [0.25, 0.3) is 5.91 Å². The van der Waals surface area contributed by atoms with E-state index in [0.29, 0.717) is 25.9 Å². The molecule has 2 aromatic rings. The number of aryl methyl sites for hydroxylation is 1. The molecule has 4 heterocycles. The Balaban J connectivity index is 1.58. The second-order valence-corrected chi connectivity index (χ2v) is 7.13. The highest BCUT2D eigenvalue weighted by atomic mass is 19.4. The average Bonchev–Trinajstić information content (AvgIpc) is 3.04. The lowest BCUT2D eigenvalue weighted by Gasteiger charge is -2.34. The number of aromatic amines is 1. The largest absolute Gasteiger partial charge is 0.398 e. The number of aliphatic hydroxyl groups is 1. The van der Waals surface area contributed by atoms with E-state index in [2.05, 4.69) is 30.4 Å². The molecule has 1 amide bonds. The fourth-order valence-electron chi connectivity index (χ4n) is 3.93. The van der Waals surface area contributed by atoms with Crippen LogP contribution in [-0.2, 0) is 4.79 Å². The van der Waals surface area contributed by atoms with Crippen molar-refractivity contribution in [3.8, 4) is 0 Å². The first-order chi connectivity index (χ1) is 13.3. The van der Waals surface area contributed by atoms with E-state index in [4.69, 9.17) is 0 Å². The van der Waals surface area contributed by atoms with Crippen LogP contribution in [0.1, 0.15) is 41.6 Å². The maximum Gasteiger partial charge on any atom is 0.398 e. The number of carbonyl (C=O) groups is 1. The number of nitrogens with zero attached hydrogens (tertiary/aromatic N) is 4. The topological polar surface area (TPSA) is 107 Å². The average molecular weight is 396 g/mol. The molecule has 0 unspecified atom stereocenters. The quantitative estimate of drug-likeness (QED) is 0.715. The molecule has 2 aliphatic rings. The summed E-state index contributed by atoms with van der Waals surface area (Å²) in [6.07, 6.45) is -4.31. The van der Waals surface area contributed by atoms with Crippen LogP contribution in [0.5, 0.6) is 0 Å². The van der Waals surface area contributed by atoms with Gasteiger partial charge in [0.15, 0.2) is 0 Å². The van der Waals surface area contributed by atoms with Crippen molar-refractivity contribution < 1.29 is 23.1 Å². The Morgan fingerprint density at radius 3 is 2.61 bits per heavy atom. The van der Waals surface area contributed by atoms with Crippen LogP contribution >= 0.6 is 0 Å². The van der Waals surface area contributed by atoms with E-state index in [-0.39, 0.29) is 23.0 Å². The Morgan fingerprint density at radius 1 is 1.25 bits per heavy atom. The second-order valence-electron chi connectivity index (χ2n) is 7.13. The number of hydrogen-bond donors (Lipinski definition) is 3. The van der Waals surface area contributed by atoms with Gasteiger partial charge >= 0.3 is 6.18 Å². The van der Waals surface area contributed by atoms with Crippen LogP contribution in [0.2, 0.25) is 0 Å². The lowest BCUT2D eigenvalue weighted by molar-refractivity contribution is -0.177. The van der Waals surface area contributed by atoms with Gasteiger partial charge in [0.2, 0.25) is 0 Å². The molecule has 0 spiro atoms. The summed E-state index contributed by atoms with van der Waals surface area (Å²) in [6.45, 7) is 3.08. The monoisotopic (exact) mass is 396 g/mol. The summed E-state index contributed by atoms with van der Waals surface area (Å²) in [6, 6.07) is 1.86. The minimum atomic E-state index is -4.76. The fourth-order valence-corrected chi connectivity index (χ4v) is 3.93. The molecule has 0 aromatic carbocycles. The van der Waals surface area contributed by atoms with Gasteiger partial charge in [-0.15, -0.1) is 0 Å². The number of piperidine rings is 1. The predicted molar refractivity (Wildman–Crippen MR) is 93.0 cm³/mol. The third-order valence-electron chi connectivity index (χ3n) is 5.32. The van der Waals surface area contributed by atoms with Crippen LogP contribution in [0.15, 0.2) is 12.4 Å². The van der Waals surface area contributed by atoms with Gasteiger partial charge in [-0.05, 0) is 19.8 Å². The Kier molecular flexibility index (Phi) is 4.48. The molecule has 0 bridgehead atoms. The molecule has 2 aliphatic heterocycles. The van der Waals surface area contributed by atoms with Crippen molar-refractivity contribution in [3.05, 3.63) is 29.3 Å². The van der Waals surface area contributed by atoms with E-state index in [1.54, 1.807) is 0 Å². The highest BCUT2D eigenvalue weighted by Gasteiger charge is 2.53. The van der Waals surface area contributed by atoms with Gasteiger partial charge in [-0.1, -0.05) is 0 Å². The molecule has 1 fully saturated rings. The normalized spacial score (nSPS) is 23.5. The molecule has 0 aliphatic carbocycles. The van der Waals surface area contributed by atoms with Crippen molar-refractivity contribution in [1.82, 2.24) is 20.2 Å². The van der Waals surface area contributed by atoms with E-state index in [9.17, 15) is 23.1 Å². The summed E-state index contributed by atoms with van der Waals surface area (Å²) in [4.78, 5) is 22.1. The van der Waals surface area contributed by atoms with Gasteiger partial charge < -0.3 is 15.3 Å². The van der Waals surface area contributed by atoms with E-state index >= 15 is 0 Å². The fraction of sp³-hybridized carbons (Fsp3) is 0.529. The van der Waals surface area contributed by atoms with Crippen molar-refractivity contribution in [3.63, 3.8) is 0 Å². The maximum atomic E-state index is 13.6. The van der Waals surface area contributed by atoms with Crippen LogP contribution in [0.25, 0.3) is 0 Å². The highest BCUT2D eigenvalue weighted by Crippen LogP contribution is 2.47. The van der Waals surface area contributed by atoms with Crippen molar-refractivity contribution in [2.24, 2.45) is 0 Å². The molecule has 2 atom stereocenters. The molecule has 28 heavy (non-hydrogen) atoms. The number of anilines is 2. The first kappa shape index (κ1) is 18.7. The first-order valence-corrected chi connectivity index (χ1v) is 8.93. The van der Waals surface area contributed by atoms with Crippen LogP contribution in [0, 0.1) is 6.92 Å². The number of carbonyl (C=O) groups excluding carboxylic acids is 1. The number of halogens is 3. The summed E-state index contributed by atoms with van der Waals surface area (Å²) in [5.74, 6) is -2.88. The molecule has 0 saturated carbocycles. The minimum absolute atomic E-state index is 0.0820. The zero-order valence-electron chi connectivity index (χ0n) is 15.0. The van der Waals surface area contributed by atoms with E-state index in [1.807, 2.05) is 13.0 Å². The third kappa shape index (κ3) is 3.19. The predicted octanol–water partition coefficient (Wildman–Crippen LogP) is 1.85. The molecule has 3 N–H and O–H groups in total. The molecule has 0 radical (unpaired) electrons. The molecule has 8 nitrogen and oxygen atoms in total. The van der Waals surface area contributed by atoms with Gasteiger partial charge in [0.1, 0.15) is 30.0 Å². The molecular formula is C17H19F3N6O2. The number of amides is 1. The van der Waals surface area contributed by atoms with E-state index < -0.39 is 24.1 Å². The van der Waals surface area contributed by atoms with Crippen LogP contribution < -0.4 is 10.2 Å². The van der Waals surface area contributed by atoms with Gasteiger partial charge in [-0.3, -0.25) is 9.89 Å². The van der Waals surface area contributed by atoms with Gasteiger partial charge in [0, 0.05) is 36.3 Å². The van der Waals surface area contributed by atoms with Gasteiger partial charge in [-0.25, -0.2) is 9.97 Å². The zero-order valence-corrected chi connectivity index (χ0v) is 15.0. The number of H-pyrrole nitrogens is 1. The SMILES string of the molecule is Cc1cc(N2CCC(c3n[nH]c4c3[C@@H](C(F)(F)F)[C@@H](O)C(=O)N4)CC2)ncn1. The number of aromatic nitrogens is 4. The Bertz CT molecular complexity index is 891. The van der Waals surface area contributed by atoms with Crippen molar-refractivity contribution in [1.29, 1.82) is 0 Å². The molecule has 2 aromatic heterocycles. The summed E-state index contributed by atoms with van der Waals surface area (Å²) < 4.78 is 40.8. The van der Waals surface area contributed by atoms with E-state index in [0.717, 1.165) is 11.5 Å². The van der Waals surface area contributed by atoms with Gasteiger partial charge in [0.05, 0.1) is 5.69 Å². The summed E-state index contributed by atoms with van der Waals surface area (Å²) in [7, 11) is 0. The van der Waals surface area contributed by atoms with Crippen molar-refractivity contribution in [2.75, 3.05) is 23.3 Å². The maximum absolute atomic E-state index is 13.6. The lowest BCUT2D eigenvalue weighted by atomic mass is 9.83. The van der Waals surface area contributed by atoms with Crippen LogP contribution in [0.3, 0.4) is 0 Å². The van der Waals surface area contributed by atoms with Crippen LogP contribution in [0.4, 0.5) is 24.8 Å². The first-order valence-electron chi connectivity index (χ1n) is 8.93. The smallest absolute Gasteiger partial charge is 0.382 e. The summed E-state index contributed by atoms with van der Waals surface area (Å²) >= 11 is 0. The number of hydrogen-bond acceptors (Lipinski definition) is 6. The summed E-state index contributed by atoms with van der Waals surface area (Å²) in [5, 5.41) is 18.7. The molecule has 150 valence electrons. The van der Waals surface area contributed by atoms with Crippen molar-refractivity contribution >= 4 is 17.5 Å². The highest BCUT2D eigenvalue weighted by molar-refractivity contribution is 5.97. The number of alkyl halides is 3. The number of nitrogens with one attached hydrogen (secondary N) is 2. The second kappa shape index (κ2) is 6.73. The third-order valence-corrected chi connectivity index (χ3v) is 5.32. The Labute approximate surface area is 158 Å². The Morgan fingerprint density at radius 2 is 1.96 bits per heavy atom. The molecular weight excluding hydrogens is 377 g/mol. The molecule has 11 heteroatoms. The minimum Gasteiger partial charge on any atom is -0.382 e. The van der Waals surface area contributed by atoms with Crippen molar-refractivity contribution in [2.45, 2.75) is 43.9 Å². The van der Waals surface area contributed by atoms with Crippen LogP contribution in [-0.4, -0.2) is 56.5 Å². The standard InChI is InChI=1S/C17H19F3N6O2/c1-8-6-10(22-7-21-8)26-4-2-9(3-5-26)13-11-12(17(18,19)20)14(27)16(28)23-15(11)25-24-13/h6-7,9,12,14,27H,2-5H2,1H3,(H2,23,24,25,28)/t12-,14-/m1/s1. The van der Waals surface area contributed by atoms with Gasteiger partial charge in [-0.2, -0.15) is 18.3 Å². The van der Waals surface area contributed by atoms with E-state index in [1.165, 1.54) is 6.33 Å². The summed E-state index contributed by atoms with van der Waals surface area (Å²) in [5.41, 5.74) is 0.942. The number of aliphatic hydroxyl groups excluding tert-OH is 1. The molecule has 4 rings (SSSR count). The lowest BCUT2D eigenvalue weighted by Crippen LogP contribution is -2.44. The number of fused-ring (bicyclic) bond motifs is 1. The zero-order chi connectivity index (χ0) is 20.1. The molecule has 1 saturated heterocycles. The number of rotatable bonds is 2. The Hall–Kier alpha value is -2.69.